The summed E-state index contributed by atoms with van der Waals surface area (Å²) in [5, 5.41) is 7.53. The zero-order valence-corrected chi connectivity index (χ0v) is 9.72. The molecule has 0 radical (unpaired) electrons. The third-order valence-electron chi connectivity index (χ3n) is 1.78. The predicted octanol–water partition coefficient (Wildman–Crippen LogP) is 3.20. The predicted molar refractivity (Wildman–Crippen MR) is 59.3 cm³/mol. The minimum atomic E-state index is 0.680. The van der Waals surface area contributed by atoms with Gasteiger partial charge in [-0.15, -0.1) is 0 Å². The van der Waals surface area contributed by atoms with Crippen LogP contribution in [-0.4, -0.2) is 15.2 Å². The minimum absolute atomic E-state index is 0.680. The molecule has 0 fully saturated rings. The summed E-state index contributed by atoms with van der Waals surface area (Å²) in [6.45, 7) is 1.86. The zero-order valence-electron chi connectivity index (χ0n) is 7.38. The van der Waals surface area contributed by atoms with Crippen molar-refractivity contribution in [2.45, 2.75) is 6.92 Å². The molecule has 0 aliphatic heterocycles. The minimum Gasteiger partial charge on any atom is -0.263 e. The van der Waals surface area contributed by atoms with E-state index in [1.165, 1.54) is 0 Å². The largest absolute Gasteiger partial charge is 0.263 e. The molecular weight excluding hydrogens is 265 g/mol. The van der Waals surface area contributed by atoms with Crippen LogP contribution in [0.4, 0.5) is 0 Å². The van der Waals surface area contributed by atoms with Gasteiger partial charge in [-0.25, -0.2) is 4.98 Å². The van der Waals surface area contributed by atoms with Gasteiger partial charge in [-0.05, 0) is 41.1 Å². The number of rotatable bonds is 1. The van der Waals surface area contributed by atoms with Crippen LogP contribution >= 0.6 is 27.5 Å². The number of aromatic amines is 1. The molecule has 0 saturated heterocycles. The summed E-state index contributed by atoms with van der Waals surface area (Å²) in [5.41, 5.74) is 0.936. The van der Waals surface area contributed by atoms with E-state index in [2.05, 4.69) is 31.1 Å². The van der Waals surface area contributed by atoms with Gasteiger partial charge >= 0.3 is 0 Å². The van der Waals surface area contributed by atoms with Gasteiger partial charge in [0.2, 0.25) is 0 Å². The van der Waals surface area contributed by atoms with Gasteiger partial charge in [0.15, 0.2) is 5.82 Å². The first-order valence-corrected chi connectivity index (χ1v) is 5.18. The number of hydrogen-bond acceptors (Lipinski definition) is 2. The van der Waals surface area contributed by atoms with Gasteiger partial charge in [0.25, 0.3) is 0 Å². The van der Waals surface area contributed by atoms with Crippen molar-refractivity contribution >= 4 is 27.5 Å². The van der Waals surface area contributed by atoms with E-state index >= 15 is 0 Å². The van der Waals surface area contributed by atoms with Crippen LogP contribution in [-0.2, 0) is 0 Å². The number of halogens is 2. The molecule has 1 aromatic carbocycles. The Labute approximate surface area is 94.6 Å². The summed E-state index contributed by atoms with van der Waals surface area (Å²) in [5.74, 6) is 1.48. The maximum atomic E-state index is 5.88. The lowest BCUT2D eigenvalue weighted by Gasteiger charge is -1.98. The number of aryl methyl sites for hydroxylation is 1. The first-order valence-electron chi connectivity index (χ1n) is 4.01. The highest BCUT2D eigenvalue weighted by atomic mass is 79.9. The van der Waals surface area contributed by atoms with Crippen molar-refractivity contribution < 1.29 is 0 Å². The molecule has 2 rings (SSSR count). The van der Waals surface area contributed by atoms with Gasteiger partial charge in [-0.1, -0.05) is 11.6 Å². The summed E-state index contributed by atoms with van der Waals surface area (Å²) in [7, 11) is 0. The average molecular weight is 273 g/mol. The highest BCUT2D eigenvalue weighted by molar-refractivity contribution is 9.10. The normalized spacial score (nSPS) is 10.5. The second-order valence-corrected chi connectivity index (χ2v) is 4.13. The Morgan fingerprint density at radius 3 is 2.79 bits per heavy atom. The topological polar surface area (TPSA) is 41.6 Å². The summed E-state index contributed by atoms with van der Waals surface area (Å²) in [6.07, 6.45) is 0. The molecule has 1 heterocycles. The lowest BCUT2D eigenvalue weighted by atomic mass is 10.2. The molecule has 0 amide bonds. The standard InChI is InChI=1S/C9H7BrClN3/c1-5-12-9(14-13-5)6-2-3-8(11)7(10)4-6/h2-4H,1H3,(H,12,13,14). The van der Waals surface area contributed by atoms with Gasteiger partial charge in [-0.2, -0.15) is 5.10 Å². The molecule has 72 valence electrons. The molecule has 3 nitrogen and oxygen atoms in total. The van der Waals surface area contributed by atoms with Crippen molar-refractivity contribution in [2.75, 3.05) is 0 Å². The van der Waals surface area contributed by atoms with Crippen LogP contribution in [0, 0.1) is 6.92 Å². The fraction of sp³-hybridized carbons (Fsp3) is 0.111. The lowest BCUT2D eigenvalue weighted by Crippen LogP contribution is -1.81. The molecular formula is C9H7BrClN3. The molecule has 0 unspecified atom stereocenters. The molecule has 0 saturated carbocycles. The monoisotopic (exact) mass is 271 g/mol. The summed E-state index contributed by atoms with van der Waals surface area (Å²) < 4.78 is 0.846. The highest BCUT2D eigenvalue weighted by Gasteiger charge is 2.05. The van der Waals surface area contributed by atoms with E-state index < -0.39 is 0 Å². The fourth-order valence-corrected chi connectivity index (χ4v) is 1.60. The summed E-state index contributed by atoms with van der Waals surface area (Å²) >= 11 is 9.23. The number of nitrogens with zero attached hydrogens (tertiary/aromatic N) is 2. The Morgan fingerprint density at radius 2 is 2.21 bits per heavy atom. The number of benzene rings is 1. The van der Waals surface area contributed by atoms with Crippen LogP contribution in [0.3, 0.4) is 0 Å². The van der Waals surface area contributed by atoms with Crippen LogP contribution in [0.2, 0.25) is 5.02 Å². The molecule has 14 heavy (non-hydrogen) atoms. The van der Waals surface area contributed by atoms with E-state index in [0.717, 1.165) is 15.9 Å². The average Bonchev–Trinajstić information content (AvgIpc) is 2.57. The first kappa shape index (κ1) is 9.68. The van der Waals surface area contributed by atoms with E-state index in [1.807, 2.05) is 25.1 Å². The fourth-order valence-electron chi connectivity index (χ4n) is 1.11. The van der Waals surface area contributed by atoms with Crippen LogP contribution in [0.25, 0.3) is 11.4 Å². The first-order chi connectivity index (χ1) is 6.66. The second-order valence-electron chi connectivity index (χ2n) is 2.87. The molecule has 5 heteroatoms. The van der Waals surface area contributed by atoms with E-state index in [0.29, 0.717) is 10.8 Å². The Balaban J connectivity index is 2.47. The van der Waals surface area contributed by atoms with Crippen molar-refractivity contribution in [3.8, 4) is 11.4 Å². The van der Waals surface area contributed by atoms with Gasteiger partial charge < -0.3 is 0 Å². The maximum Gasteiger partial charge on any atom is 0.181 e. The molecule has 0 bridgehead atoms. The second kappa shape index (κ2) is 3.71. The van der Waals surface area contributed by atoms with Crippen LogP contribution < -0.4 is 0 Å². The van der Waals surface area contributed by atoms with Gasteiger partial charge in [0.05, 0.1) is 5.02 Å². The molecule has 2 aromatic rings. The molecule has 0 spiro atoms. The highest BCUT2D eigenvalue weighted by Crippen LogP contribution is 2.26. The summed E-state index contributed by atoms with van der Waals surface area (Å²) in [6, 6.07) is 5.59. The van der Waals surface area contributed by atoms with Gasteiger partial charge in [-0.3, -0.25) is 5.10 Å². The van der Waals surface area contributed by atoms with E-state index in [1.54, 1.807) is 0 Å². The molecule has 0 aliphatic rings. The zero-order chi connectivity index (χ0) is 10.1. The summed E-state index contributed by atoms with van der Waals surface area (Å²) in [4.78, 5) is 4.22. The smallest absolute Gasteiger partial charge is 0.181 e. The van der Waals surface area contributed by atoms with Crippen molar-refractivity contribution in [3.05, 3.63) is 33.5 Å². The van der Waals surface area contributed by atoms with E-state index in [4.69, 9.17) is 11.6 Å². The van der Waals surface area contributed by atoms with Crippen LogP contribution in [0.5, 0.6) is 0 Å². The van der Waals surface area contributed by atoms with Crippen LogP contribution in [0.15, 0.2) is 22.7 Å². The molecule has 0 atom stereocenters. The number of nitrogens with one attached hydrogen (secondary N) is 1. The van der Waals surface area contributed by atoms with Crippen molar-refractivity contribution in [2.24, 2.45) is 0 Å². The maximum absolute atomic E-state index is 5.88. The van der Waals surface area contributed by atoms with Crippen molar-refractivity contribution in [3.63, 3.8) is 0 Å². The number of H-pyrrole nitrogens is 1. The van der Waals surface area contributed by atoms with Crippen LogP contribution in [0.1, 0.15) is 5.82 Å². The van der Waals surface area contributed by atoms with E-state index in [-0.39, 0.29) is 0 Å². The third kappa shape index (κ3) is 1.81. The Kier molecular flexibility index (Phi) is 2.56. The molecule has 1 N–H and O–H groups in total. The lowest BCUT2D eigenvalue weighted by molar-refractivity contribution is 1.04. The number of hydrogen-bond donors (Lipinski definition) is 1. The Hall–Kier alpha value is -0.870. The van der Waals surface area contributed by atoms with Gasteiger partial charge in [0, 0.05) is 10.0 Å². The third-order valence-corrected chi connectivity index (χ3v) is 2.99. The molecule has 1 aromatic heterocycles. The van der Waals surface area contributed by atoms with Gasteiger partial charge in [0.1, 0.15) is 5.82 Å². The van der Waals surface area contributed by atoms with Crippen molar-refractivity contribution in [1.82, 2.24) is 15.2 Å². The Bertz CT molecular complexity index is 467. The molecule has 0 aliphatic carbocycles. The Morgan fingerprint density at radius 1 is 1.43 bits per heavy atom. The SMILES string of the molecule is Cc1nc(-c2ccc(Cl)c(Br)c2)n[nH]1. The number of aromatic nitrogens is 3. The van der Waals surface area contributed by atoms with Crippen molar-refractivity contribution in [1.29, 1.82) is 0 Å². The van der Waals surface area contributed by atoms with E-state index in [9.17, 15) is 0 Å². The quantitative estimate of drug-likeness (QED) is 0.866.